The molecular weight excluding hydrogens is 220 g/mol. The number of nitrogens with one attached hydrogen (secondary N) is 1. The third-order valence-corrected chi connectivity index (χ3v) is 3.50. The van der Waals surface area contributed by atoms with Crippen LogP contribution < -0.4 is 5.32 Å². The van der Waals surface area contributed by atoms with Crippen LogP contribution in [0, 0.1) is 13.8 Å². The zero-order valence-electron chi connectivity index (χ0n) is 9.82. The Morgan fingerprint density at radius 1 is 1.31 bits per heavy atom. The van der Waals surface area contributed by atoms with Gasteiger partial charge in [0, 0.05) is 36.8 Å². The van der Waals surface area contributed by atoms with Crippen LogP contribution in [0.3, 0.4) is 0 Å². The maximum Gasteiger partial charge on any atom is 0.0798 e. The molecule has 0 amide bonds. The Kier molecular flexibility index (Phi) is 3.36. The van der Waals surface area contributed by atoms with Gasteiger partial charge >= 0.3 is 0 Å². The van der Waals surface area contributed by atoms with E-state index in [4.69, 9.17) is 0 Å². The number of rotatable bonds is 4. The van der Waals surface area contributed by atoms with Crippen molar-refractivity contribution in [2.24, 2.45) is 7.05 Å². The number of aryl methyl sites for hydroxylation is 3. The molecule has 16 heavy (non-hydrogen) atoms. The summed E-state index contributed by atoms with van der Waals surface area (Å²) < 4.78 is 1.85. The normalized spacial score (nSPS) is 10.9. The Hall–Kier alpha value is -1.20. The summed E-state index contributed by atoms with van der Waals surface area (Å²) in [7, 11) is 1.95. The maximum atomic E-state index is 4.31. The molecule has 0 saturated heterocycles. The Morgan fingerprint density at radius 2 is 2.12 bits per heavy atom. The molecule has 2 aromatic heterocycles. The van der Waals surface area contributed by atoms with Crippen LogP contribution >= 0.6 is 11.3 Å². The summed E-state index contributed by atoms with van der Waals surface area (Å²) in [6, 6.07) is 0. The second kappa shape index (κ2) is 4.76. The fourth-order valence-electron chi connectivity index (χ4n) is 1.63. The van der Waals surface area contributed by atoms with Crippen molar-refractivity contribution in [2.75, 3.05) is 0 Å². The van der Waals surface area contributed by atoms with Gasteiger partial charge in [0.05, 0.1) is 16.9 Å². The van der Waals surface area contributed by atoms with Crippen molar-refractivity contribution in [3.05, 3.63) is 33.5 Å². The number of hydrogen-bond donors (Lipinski definition) is 1. The van der Waals surface area contributed by atoms with Crippen molar-refractivity contribution in [3.63, 3.8) is 0 Å². The molecule has 2 rings (SSSR count). The van der Waals surface area contributed by atoms with Gasteiger partial charge in [-0.25, -0.2) is 4.98 Å². The Balaban J connectivity index is 1.89. The van der Waals surface area contributed by atoms with E-state index in [-0.39, 0.29) is 0 Å². The maximum absolute atomic E-state index is 4.31. The second-order valence-electron chi connectivity index (χ2n) is 3.88. The summed E-state index contributed by atoms with van der Waals surface area (Å²) in [6.45, 7) is 5.82. The standard InChI is InChI=1S/C11H16N4S/c1-8-10(6-15(3)14-8)4-12-5-11-9(2)13-7-16-11/h6-7,12H,4-5H2,1-3H3. The highest BCUT2D eigenvalue weighted by atomic mass is 32.1. The smallest absolute Gasteiger partial charge is 0.0798 e. The summed E-state index contributed by atoms with van der Waals surface area (Å²) in [6.07, 6.45) is 2.06. The van der Waals surface area contributed by atoms with Gasteiger partial charge in [0.1, 0.15) is 0 Å². The van der Waals surface area contributed by atoms with Gasteiger partial charge in [-0.05, 0) is 13.8 Å². The van der Waals surface area contributed by atoms with Gasteiger partial charge in [-0.15, -0.1) is 11.3 Å². The molecule has 0 aliphatic carbocycles. The third kappa shape index (κ3) is 2.48. The van der Waals surface area contributed by atoms with Crippen molar-refractivity contribution in [3.8, 4) is 0 Å². The van der Waals surface area contributed by atoms with Crippen molar-refractivity contribution in [1.82, 2.24) is 20.1 Å². The lowest BCUT2D eigenvalue weighted by atomic mass is 10.2. The first-order valence-corrected chi connectivity index (χ1v) is 6.13. The minimum Gasteiger partial charge on any atom is -0.308 e. The van der Waals surface area contributed by atoms with Gasteiger partial charge in [-0.1, -0.05) is 0 Å². The number of hydrogen-bond acceptors (Lipinski definition) is 4. The Labute approximate surface area is 99.3 Å². The van der Waals surface area contributed by atoms with Crippen LogP contribution in [0.2, 0.25) is 0 Å². The molecule has 0 aliphatic heterocycles. The third-order valence-electron chi connectivity index (χ3n) is 2.56. The first kappa shape index (κ1) is 11.3. The molecular formula is C11H16N4S. The number of thiazole rings is 1. The molecule has 0 bridgehead atoms. The van der Waals surface area contributed by atoms with Crippen LogP contribution in [0.4, 0.5) is 0 Å². The van der Waals surface area contributed by atoms with E-state index in [2.05, 4.69) is 21.6 Å². The zero-order chi connectivity index (χ0) is 11.5. The van der Waals surface area contributed by atoms with Crippen molar-refractivity contribution >= 4 is 11.3 Å². The quantitative estimate of drug-likeness (QED) is 0.880. The summed E-state index contributed by atoms with van der Waals surface area (Å²) in [5.74, 6) is 0. The van der Waals surface area contributed by atoms with Gasteiger partial charge < -0.3 is 5.32 Å². The van der Waals surface area contributed by atoms with Crippen molar-refractivity contribution in [2.45, 2.75) is 26.9 Å². The topological polar surface area (TPSA) is 42.7 Å². The Bertz CT molecular complexity index is 472. The number of aromatic nitrogens is 3. The minimum absolute atomic E-state index is 0.858. The van der Waals surface area contributed by atoms with E-state index in [0.717, 1.165) is 24.5 Å². The van der Waals surface area contributed by atoms with Crippen LogP contribution in [-0.4, -0.2) is 14.8 Å². The van der Waals surface area contributed by atoms with E-state index in [1.165, 1.54) is 10.4 Å². The molecule has 0 spiro atoms. The van der Waals surface area contributed by atoms with Crippen molar-refractivity contribution in [1.29, 1.82) is 0 Å². The first-order chi connectivity index (χ1) is 7.66. The summed E-state index contributed by atoms with van der Waals surface area (Å²) >= 11 is 1.70. The van der Waals surface area contributed by atoms with E-state index in [1.807, 2.05) is 31.1 Å². The van der Waals surface area contributed by atoms with Gasteiger partial charge in [-0.3, -0.25) is 4.68 Å². The molecule has 0 saturated carbocycles. The molecule has 2 heterocycles. The predicted molar refractivity (Wildman–Crippen MR) is 65.3 cm³/mol. The molecule has 0 atom stereocenters. The molecule has 1 N–H and O–H groups in total. The Morgan fingerprint density at radius 3 is 2.69 bits per heavy atom. The largest absolute Gasteiger partial charge is 0.308 e. The van der Waals surface area contributed by atoms with Crippen LogP contribution in [-0.2, 0) is 20.1 Å². The summed E-state index contributed by atoms with van der Waals surface area (Å²) in [5.41, 5.74) is 5.36. The fraction of sp³-hybridized carbons (Fsp3) is 0.455. The highest BCUT2D eigenvalue weighted by Crippen LogP contribution is 2.12. The fourth-order valence-corrected chi connectivity index (χ4v) is 2.38. The average molecular weight is 236 g/mol. The highest BCUT2D eigenvalue weighted by Gasteiger charge is 2.04. The van der Waals surface area contributed by atoms with Gasteiger partial charge in [0.15, 0.2) is 0 Å². The van der Waals surface area contributed by atoms with E-state index >= 15 is 0 Å². The minimum atomic E-state index is 0.858. The lowest BCUT2D eigenvalue weighted by Crippen LogP contribution is -2.12. The van der Waals surface area contributed by atoms with Crippen molar-refractivity contribution < 1.29 is 0 Å². The first-order valence-electron chi connectivity index (χ1n) is 5.25. The molecule has 86 valence electrons. The number of nitrogens with zero attached hydrogens (tertiary/aromatic N) is 3. The zero-order valence-corrected chi connectivity index (χ0v) is 10.6. The van der Waals surface area contributed by atoms with E-state index in [0.29, 0.717) is 0 Å². The van der Waals surface area contributed by atoms with Crippen LogP contribution in [0.15, 0.2) is 11.7 Å². The van der Waals surface area contributed by atoms with E-state index in [9.17, 15) is 0 Å². The average Bonchev–Trinajstić information content (AvgIpc) is 2.75. The molecule has 4 nitrogen and oxygen atoms in total. The molecule has 0 fully saturated rings. The van der Waals surface area contributed by atoms with Gasteiger partial charge in [-0.2, -0.15) is 5.10 Å². The highest BCUT2D eigenvalue weighted by molar-refractivity contribution is 7.09. The second-order valence-corrected chi connectivity index (χ2v) is 4.82. The van der Waals surface area contributed by atoms with Gasteiger partial charge in [0.2, 0.25) is 0 Å². The predicted octanol–water partition coefficient (Wildman–Crippen LogP) is 1.78. The van der Waals surface area contributed by atoms with Crippen LogP contribution in [0.25, 0.3) is 0 Å². The lowest BCUT2D eigenvalue weighted by Gasteiger charge is -2.02. The molecule has 2 aromatic rings. The lowest BCUT2D eigenvalue weighted by molar-refractivity contribution is 0.693. The summed E-state index contributed by atoms with van der Waals surface area (Å²) in [5, 5.41) is 7.73. The van der Waals surface area contributed by atoms with Crippen LogP contribution in [0.5, 0.6) is 0 Å². The molecule has 0 aliphatic rings. The molecule has 5 heteroatoms. The monoisotopic (exact) mass is 236 g/mol. The molecule has 0 unspecified atom stereocenters. The van der Waals surface area contributed by atoms with E-state index in [1.54, 1.807) is 11.3 Å². The molecule has 0 aromatic carbocycles. The van der Waals surface area contributed by atoms with Gasteiger partial charge in [0.25, 0.3) is 0 Å². The molecule has 0 radical (unpaired) electrons. The SMILES string of the molecule is Cc1nn(C)cc1CNCc1scnc1C. The van der Waals surface area contributed by atoms with E-state index < -0.39 is 0 Å². The van der Waals surface area contributed by atoms with Crippen LogP contribution in [0.1, 0.15) is 21.8 Å². The summed E-state index contributed by atoms with van der Waals surface area (Å²) in [4.78, 5) is 5.53.